The lowest BCUT2D eigenvalue weighted by atomic mass is 10.2. The molecule has 0 radical (unpaired) electrons. The van der Waals surface area contributed by atoms with E-state index in [0.717, 1.165) is 31.4 Å². The highest BCUT2D eigenvalue weighted by Crippen LogP contribution is 2.47. The summed E-state index contributed by atoms with van der Waals surface area (Å²) in [6.07, 6.45) is 3.98. The Bertz CT molecular complexity index is 864. The Labute approximate surface area is 151 Å². The Kier molecular flexibility index (Phi) is 4.13. The normalized spacial score (nSPS) is 16.3. The average molecular weight is 350 g/mol. The first-order valence-corrected chi connectivity index (χ1v) is 8.61. The highest BCUT2D eigenvalue weighted by atomic mass is 16.7. The van der Waals surface area contributed by atoms with Crippen LogP contribution in [0, 0.1) is 11.3 Å². The van der Waals surface area contributed by atoms with Gasteiger partial charge in [0.1, 0.15) is 5.75 Å². The van der Waals surface area contributed by atoms with Gasteiger partial charge in [-0.1, -0.05) is 0 Å². The van der Waals surface area contributed by atoms with Gasteiger partial charge < -0.3 is 19.5 Å². The molecule has 1 spiro atoms. The molecule has 1 aliphatic heterocycles. The second kappa shape index (κ2) is 6.60. The van der Waals surface area contributed by atoms with E-state index >= 15 is 0 Å². The molecule has 0 unspecified atom stereocenters. The molecule has 132 valence electrons. The number of hydrogen-bond donors (Lipinski definition) is 1. The summed E-state index contributed by atoms with van der Waals surface area (Å²) in [6, 6.07) is 14.0. The Balaban J connectivity index is 1.34. The molecule has 1 N–H and O–H groups in total. The van der Waals surface area contributed by atoms with Crippen LogP contribution in [0.25, 0.3) is 0 Å². The number of amides is 1. The third kappa shape index (κ3) is 3.29. The number of carbonyl (C=O) groups is 1. The fourth-order valence-corrected chi connectivity index (χ4v) is 3.26. The van der Waals surface area contributed by atoms with Gasteiger partial charge in [0.15, 0.2) is 18.1 Å². The fourth-order valence-electron chi connectivity index (χ4n) is 3.26. The summed E-state index contributed by atoms with van der Waals surface area (Å²) >= 11 is 0. The second-order valence-corrected chi connectivity index (χ2v) is 6.46. The summed E-state index contributed by atoms with van der Waals surface area (Å²) in [5.74, 6) is 1.14. The number of nitrogens with one attached hydrogen (secondary N) is 1. The largest absolute Gasteiger partial charge is 0.484 e. The molecule has 0 saturated heterocycles. The molecule has 1 fully saturated rings. The van der Waals surface area contributed by atoms with Gasteiger partial charge >= 0.3 is 0 Å². The lowest BCUT2D eigenvalue weighted by molar-refractivity contribution is -0.118. The smallest absolute Gasteiger partial charge is 0.262 e. The lowest BCUT2D eigenvalue weighted by Crippen LogP contribution is -2.34. The van der Waals surface area contributed by atoms with Crippen LogP contribution in [-0.4, -0.2) is 18.3 Å². The van der Waals surface area contributed by atoms with Crippen molar-refractivity contribution in [1.82, 2.24) is 0 Å². The van der Waals surface area contributed by atoms with E-state index in [2.05, 4.69) is 5.32 Å². The SMILES string of the molecule is N#Cc1ccc(OCC(=O)Nc2ccc3c(c2)OC2(CCCC2)O3)cc1. The Morgan fingerprint density at radius 1 is 1.12 bits per heavy atom. The van der Waals surface area contributed by atoms with Gasteiger partial charge in [0, 0.05) is 24.6 Å². The lowest BCUT2D eigenvalue weighted by Gasteiger charge is -2.21. The highest BCUT2D eigenvalue weighted by Gasteiger charge is 2.44. The van der Waals surface area contributed by atoms with Crippen molar-refractivity contribution in [2.24, 2.45) is 0 Å². The van der Waals surface area contributed by atoms with Gasteiger partial charge in [-0.05, 0) is 49.2 Å². The topological polar surface area (TPSA) is 80.6 Å². The molecule has 1 amide bonds. The van der Waals surface area contributed by atoms with Crippen molar-refractivity contribution in [2.75, 3.05) is 11.9 Å². The van der Waals surface area contributed by atoms with Crippen LogP contribution in [0.4, 0.5) is 5.69 Å². The molecular weight excluding hydrogens is 332 g/mol. The molecule has 6 nitrogen and oxygen atoms in total. The summed E-state index contributed by atoms with van der Waals surface area (Å²) in [4.78, 5) is 12.1. The number of fused-ring (bicyclic) bond motifs is 1. The van der Waals surface area contributed by atoms with Crippen molar-refractivity contribution < 1.29 is 19.0 Å². The molecule has 0 aromatic heterocycles. The molecule has 1 aliphatic carbocycles. The standard InChI is InChI=1S/C20H18N2O4/c21-12-14-3-6-16(7-4-14)24-13-19(23)22-15-5-8-17-18(11-15)26-20(25-17)9-1-2-10-20/h3-8,11H,1-2,9-10,13H2,(H,22,23). The summed E-state index contributed by atoms with van der Waals surface area (Å²) < 4.78 is 17.4. The fraction of sp³-hybridized carbons (Fsp3) is 0.300. The van der Waals surface area contributed by atoms with Crippen molar-refractivity contribution >= 4 is 11.6 Å². The van der Waals surface area contributed by atoms with E-state index in [4.69, 9.17) is 19.5 Å². The number of anilines is 1. The first-order valence-electron chi connectivity index (χ1n) is 8.61. The van der Waals surface area contributed by atoms with Gasteiger partial charge in [0.2, 0.25) is 0 Å². The van der Waals surface area contributed by atoms with Crippen molar-refractivity contribution in [3.63, 3.8) is 0 Å². The summed E-state index contributed by atoms with van der Waals surface area (Å²) in [7, 11) is 0. The quantitative estimate of drug-likeness (QED) is 0.911. The van der Waals surface area contributed by atoms with E-state index in [9.17, 15) is 4.79 Å². The van der Waals surface area contributed by atoms with Crippen molar-refractivity contribution in [2.45, 2.75) is 31.5 Å². The van der Waals surface area contributed by atoms with Gasteiger partial charge in [-0.15, -0.1) is 0 Å². The van der Waals surface area contributed by atoms with E-state index in [0.29, 0.717) is 22.7 Å². The Hall–Kier alpha value is -3.20. The van der Waals surface area contributed by atoms with Crippen LogP contribution in [0.1, 0.15) is 31.2 Å². The molecule has 1 heterocycles. The summed E-state index contributed by atoms with van der Waals surface area (Å²) in [5.41, 5.74) is 1.18. The van der Waals surface area contributed by atoms with Crippen molar-refractivity contribution in [3.05, 3.63) is 48.0 Å². The van der Waals surface area contributed by atoms with Gasteiger partial charge in [0.05, 0.1) is 11.6 Å². The number of benzene rings is 2. The van der Waals surface area contributed by atoms with E-state index in [1.807, 2.05) is 12.1 Å². The zero-order valence-corrected chi connectivity index (χ0v) is 14.2. The number of carbonyl (C=O) groups excluding carboxylic acids is 1. The van der Waals surface area contributed by atoms with Crippen LogP contribution in [0.2, 0.25) is 0 Å². The Morgan fingerprint density at radius 2 is 1.85 bits per heavy atom. The minimum Gasteiger partial charge on any atom is -0.484 e. The second-order valence-electron chi connectivity index (χ2n) is 6.46. The predicted molar refractivity (Wildman–Crippen MR) is 94.2 cm³/mol. The molecule has 0 bridgehead atoms. The van der Waals surface area contributed by atoms with Crippen LogP contribution in [0.5, 0.6) is 17.2 Å². The maximum Gasteiger partial charge on any atom is 0.262 e. The van der Waals surface area contributed by atoms with E-state index in [-0.39, 0.29) is 12.5 Å². The first-order chi connectivity index (χ1) is 12.7. The van der Waals surface area contributed by atoms with Gasteiger partial charge in [-0.2, -0.15) is 5.26 Å². The zero-order valence-electron chi connectivity index (χ0n) is 14.2. The van der Waals surface area contributed by atoms with Crippen LogP contribution >= 0.6 is 0 Å². The molecule has 26 heavy (non-hydrogen) atoms. The summed E-state index contributed by atoms with van der Waals surface area (Å²) in [6.45, 7) is -0.121. The molecule has 2 aromatic rings. The molecule has 2 aromatic carbocycles. The van der Waals surface area contributed by atoms with Crippen LogP contribution < -0.4 is 19.5 Å². The van der Waals surface area contributed by atoms with E-state index in [1.165, 1.54) is 0 Å². The van der Waals surface area contributed by atoms with Crippen molar-refractivity contribution in [1.29, 1.82) is 5.26 Å². The first kappa shape index (κ1) is 16.3. The minimum absolute atomic E-state index is 0.121. The molecule has 1 saturated carbocycles. The number of nitriles is 1. The highest BCUT2D eigenvalue weighted by molar-refractivity contribution is 5.92. The van der Waals surface area contributed by atoms with Crippen LogP contribution in [-0.2, 0) is 4.79 Å². The minimum atomic E-state index is -0.510. The monoisotopic (exact) mass is 350 g/mol. The molecule has 0 atom stereocenters. The van der Waals surface area contributed by atoms with Crippen LogP contribution in [0.15, 0.2) is 42.5 Å². The maximum atomic E-state index is 12.1. The molecule has 4 rings (SSSR count). The number of ether oxygens (including phenoxy) is 3. The predicted octanol–water partition coefficient (Wildman–Crippen LogP) is 3.62. The van der Waals surface area contributed by atoms with Gasteiger partial charge in [0.25, 0.3) is 11.7 Å². The average Bonchev–Trinajstić information content (AvgIpc) is 3.26. The van der Waals surface area contributed by atoms with E-state index in [1.54, 1.807) is 36.4 Å². The van der Waals surface area contributed by atoms with Crippen LogP contribution in [0.3, 0.4) is 0 Å². The molecular formula is C20H18N2O4. The third-order valence-corrected chi connectivity index (χ3v) is 4.54. The van der Waals surface area contributed by atoms with Crippen molar-refractivity contribution in [3.8, 4) is 23.3 Å². The maximum absolute atomic E-state index is 12.1. The third-order valence-electron chi connectivity index (χ3n) is 4.54. The summed E-state index contributed by atoms with van der Waals surface area (Å²) in [5, 5.41) is 11.6. The number of rotatable bonds is 4. The Morgan fingerprint density at radius 3 is 2.58 bits per heavy atom. The van der Waals surface area contributed by atoms with Gasteiger partial charge in [-0.3, -0.25) is 4.79 Å². The van der Waals surface area contributed by atoms with Gasteiger partial charge in [-0.25, -0.2) is 0 Å². The number of nitrogens with zero attached hydrogens (tertiary/aromatic N) is 1. The van der Waals surface area contributed by atoms with E-state index < -0.39 is 5.79 Å². The molecule has 6 heteroatoms. The zero-order chi connectivity index (χ0) is 18.0. The number of hydrogen-bond acceptors (Lipinski definition) is 5. The molecule has 2 aliphatic rings.